The van der Waals surface area contributed by atoms with Crippen molar-refractivity contribution < 1.29 is 19.0 Å². The Kier molecular flexibility index (Phi) is 4.65. The maximum Gasteiger partial charge on any atom is 0.337 e. The quantitative estimate of drug-likeness (QED) is 0.477. The van der Waals surface area contributed by atoms with Crippen molar-refractivity contribution >= 4 is 27.8 Å². The van der Waals surface area contributed by atoms with Gasteiger partial charge in [0.15, 0.2) is 11.5 Å². The summed E-state index contributed by atoms with van der Waals surface area (Å²) in [6.07, 6.45) is 0. The number of nitrogens with zero attached hydrogens (tertiary/aromatic N) is 1. The molecule has 0 amide bonds. The standard InChI is InChI=1S/C23H21NO4/c1-26-21-10-6-7-16(22(21)27-2)14-24-19-9-5-4-8-17(19)18-12-11-15(13-20(18)24)23(25)28-3/h4-13H,14H2,1-3H3. The topological polar surface area (TPSA) is 49.7 Å². The Labute approximate surface area is 163 Å². The number of carbonyl (C=O) groups excluding carboxylic acids is 1. The molecule has 0 spiro atoms. The van der Waals surface area contributed by atoms with Gasteiger partial charge in [-0.1, -0.05) is 36.4 Å². The Morgan fingerprint density at radius 3 is 2.39 bits per heavy atom. The molecule has 0 radical (unpaired) electrons. The van der Waals surface area contributed by atoms with Crippen LogP contribution in [0.25, 0.3) is 21.8 Å². The molecule has 142 valence electrons. The van der Waals surface area contributed by atoms with Crippen molar-refractivity contribution in [2.45, 2.75) is 6.54 Å². The van der Waals surface area contributed by atoms with E-state index in [1.807, 2.05) is 42.5 Å². The van der Waals surface area contributed by atoms with Crippen LogP contribution in [0.5, 0.6) is 11.5 Å². The number of aromatic nitrogens is 1. The van der Waals surface area contributed by atoms with Gasteiger partial charge in [0.25, 0.3) is 0 Å². The summed E-state index contributed by atoms with van der Waals surface area (Å²) in [4.78, 5) is 12.1. The molecule has 4 aromatic rings. The van der Waals surface area contributed by atoms with E-state index in [2.05, 4.69) is 16.7 Å². The highest BCUT2D eigenvalue weighted by Crippen LogP contribution is 2.35. The first kappa shape index (κ1) is 17.9. The highest BCUT2D eigenvalue weighted by atomic mass is 16.5. The molecular formula is C23H21NO4. The van der Waals surface area contributed by atoms with Gasteiger partial charge in [-0.3, -0.25) is 0 Å². The number of ether oxygens (including phenoxy) is 3. The minimum absolute atomic E-state index is 0.349. The highest BCUT2D eigenvalue weighted by Gasteiger charge is 2.16. The van der Waals surface area contributed by atoms with E-state index in [4.69, 9.17) is 14.2 Å². The molecular weight excluding hydrogens is 354 g/mol. The third kappa shape index (κ3) is 2.85. The van der Waals surface area contributed by atoms with Crippen LogP contribution in [0.2, 0.25) is 0 Å². The molecule has 5 nitrogen and oxygen atoms in total. The minimum atomic E-state index is -0.349. The largest absolute Gasteiger partial charge is 0.493 e. The third-order valence-corrected chi connectivity index (χ3v) is 5.01. The van der Waals surface area contributed by atoms with Crippen LogP contribution in [-0.4, -0.2) is 31.9 Å². The molecule has 3 aromatic carbocycles. The Morgan fingerprint density at radius 2 is 1.64 bits per heavy atom. The number of benzene rings is 3. The van der Waals surface area contributed by atoms with E-state index in [-0.39, 0.29) is 5.97 Å². The maximum absolute atomic E-state index is 12.1. The predicted molar refractivity (Wildman–Crippen MR) is 109 cm³/mol. The van der Waals surface area contributed by atoms with Gasteiger partial charge in [-0.15, -0.1) is 0 Å². The van der Waals surface area contributed by atoms with Crippen molar-refractivity contribution in [2.24, 2.45) is 0 Å². The summed E-state index contributed by atoms with van der Waals surface area (Å²) < 4.78 is 18.1. The average Bonchev–Trinajstić information content (AvgIpc) is 3.06. The molecule has 0 saturated heterocycles. The molecule has 0 unspecified atom stereocenters. The highest BCUT2D eigenvalue weighted by molar-refractivity contribution is 6.09. The number of rotatable bonds is 5. The van der Waals surface area contributed by atoms with Gasteiger partial charge in [0, 0.05) is 21.9 Å². The van der Waals surface area contributed by atoms with Gasteiger partial charge in [0.2, 0.25) is 0 Å². The smallest absolute Gasteiger partial charge is 0.337 e. The van der Waals surface area contributed by atoms with Crippen molar-refractivity contribution in [3.05, 3.63) is 71.8 Å². The zero-order valence-corrected chi connectivity index (χ0v) is 16.1. The van der Waals surface area contributed by atoms with E-state index in [1.165, 1.54) is 7.11 Å². The molecule has 0 atom stereocenters. The lowest BCUT2D eigenvalue weighted by molar-refractivity contribution is 0.0601. The molecule has 0 fully saturated rings. The predicted octanol–water partition coefficient (Wildman–Crippen LogP) is 4.65. The Morgan fingerprint density at radius 1 is 0.857 bits per heavy atom. The van der Waals surface area contributed by atoms with Crippen LogP contribution in [-0.2, 0) is 11.3 Å². The Hall–Kier alpha value is -3.47. The number of carbonyl (C=O) groups is 1. The number of hydrogen-bond acceptors (Lipinski definition) is 4. The molecule has 0 N–H and O–H groups in total. The summed E-state index contributed by atoms with van der Waals surface area (Å²) in [6, 6.07) is 19.7. The summed E-state index contributed by atoms with van der Waals surface area (Å²) in [5.41, 5.74) is 3.57. The molecule has 0 saturated carbocycles. The Bertz CT molecular complexity index is 1180. The molecule has 5 heteroatoms. The fraction of sp³-hybridized carbons (Fsp3) is 0.174. The van der Waals surface area contributed by atoms with Gasteiger partial charge >= 0.3 is 5.97 Å². The van der Waals surface area contributed by atoms with Crippen molar-refractivity contribution in [2.75, 3.05) is 21.3 Å². The molecule has 0 bridgehead atoms. The third-order valence-electron chi connectivity index (χ3n) is 5.01. The fourth-order valence-corrected chi connectivity index (χ4v) is 3.71. The molecule has 1 aromatic heterocycles. The lowest BCUT2D eigenvalue weighted by Gasteiger charge is -2.14. The molecule has 1 heterocycles. The van der Waals surface area contributed by atoms with Crippen LogP contribution in [0.1, 0.15) is 15.9 Å². The van der Waals surface area contributed by atoms with Gasteiger partial charge < -0.3 is 18.8 Å². The summed E-state index contributed by atoms with van der Waals surface area (Å²) in [5, 5.41) is 2.22. The fourth-order valence-electron chi connectivity index (χ4n) is 3.71. The van der Waals surface area contributed by atoms with Crippen LogP contribution in [0.3, 0.4) is 0 Å². The Balaban J connectivity index is 1.96. The summed E-state index contributed by atoms with van der Waals surface area (Å²) in [7, 11) is 4.66. The minimum Gasteiger partial charge on any atom is -0.493 e. The first-order chi connectivity index (χ1) is 13.7. The summed E-state index contributed by atoms with van der Waals surface area (Å²) >= 11 is 0. The summed E-state index contributed by atoms with van der Waals surface area (Å²) in [6.45, 7) is 0.578. The van der Waals surface area contributed by atoms with Crippen LogP contribution in [0, 0.1) is 0 Å². The SMILES string of the molecule is COC(=O)c1ccc2c3ccccc3n(Cc3cccc(OC)c3OC)c2c1. The van der Waals surface area contributed by atoms with Crippen LogP contribution < -0.4 is 9.47 Å². The lowest BCUT2D eigenvalue weighted by Crippen LogP contribution is -2.04. The van der Waals surface area contributed by atoms with Crippen molar-refractivity contribution in [3.8, 4) is 11.5 Å². The van der Waals surface area contributed by atoms with Crippen LogP contribution in [0.15, 0.2) is 60.7 Å². The van der Waals surface area contributed by atoms with Crippen molar-refractivity contribution in [1.82, 2.24) is 4.57 Å². The van der Waals surface area contributed by atoms with E-state index in [9.17, 15) is 4.79 Å². The second-order valence-electron chi connectivity index (χ2n) is 6.48. The first-order valence-corrected chi connectivity index (χ1v) is 8.97. The number of para-hydroxylation sites is 2. The number of esters is 1. The van der Waals surface area contributed by atoms with E-state index in [0.717, 1.165) is 27.4 Å². The van der Waals surface area contributed by atoms with E-state index < -0.39 is 0 Å². The number of fused-ring (bicyclic) bond motifs is 3. The van der Waals surface area contributed by atoms with Crippen LogP contribution >= 0.6 is 0 Å². The summed E-state index contributed by atoms with van der Waals surface area (Å²) in [5.74, 6) is 1.05. The monoisotopic (exact) mass is 375 g/mol. The van der Waals surface area contributed by atoms with Gasteiger partial charge in [0.05, 0.1) is 39.0 Å². The molecule has 0 aliphatic heterocycles. The number of methoxy groups -OCH3 is 3. The molecule has 0 aliphatic carbocycles. The van der Waals surface area contributed by atoms with Gasteiger partial charge in [-0.25, -0.2) is 4.79 Å². The average molecular weight is 375 g/mol. The van der Waals surface area contributed by atoms with Gasteiger partial charge in [-0.2, -0.15) is 0 Å². The normalized spacial score (nSPS) is 11.0. The van der Waals surface area contributed by atoms with E-state index in [0.29, 0.717) is 23.6 Å². The van der Waals surface area contributed by atoms with Gasteiger partial charge in [-0.05, 0) is 24.3 Å². The van der Waals surface area contributed by atoms with Crippen LogP contribution in [0.4, 0.5) is 0 Å². The number of hydrogen-bond donors (Lipinski definition) is 0. The van der Waals surface area contributed by atoms with E-state index >= 15 is 0 Å². The maximum atomic E-state index is 12.1. The first-order valence-electron chi connectivity index (χ1n) is 8.97. The molecule has 4 rings (SSSR count). The van der Waals surface area contributed by atoms with Crippen molar-refractivity contribution in [3.63, 3.8) is 0 Å². The molecule has 0 aliphatic rings. The van der Waals surface area contributed by atoms with Gasteiger partial charge in [0.1, 0.15) is 0 Å². The second-order valence-corrected chi connectivity index (χ2v) is 6.48. The zero-order valence-electron chi connectivity index (χ0n) is 16.1. The second kappa shape index (κ2) is 7.27. The molecule has 28 heavy (non-hydrogen) atoms. The van der Waals surface area contributed by atoms with E-state index in [1.54, 1.807) is 20.3 Å². The zero-order chi connectivity index (χ0) is 19.7. The van der Waals surface area contributed by atoms with Crippen molar-refractivity contribution in [1.29, 1.82) is 0 Å². The lowest BCUT2D eigenvalue weighted by atomic mass is 10.1.